The van der Waals surface area contributed by atoms with Crippen LogP contribution in [0, 0.1) is 5.41 Å². The number of hydrogen-bond donors (Lipinski definition) is 2. The first-order valence-corrected chi connectivity index (χ1v) is 15.2. The molecule has 0 radical (unpaired) electrons. The molecular formula is C8H14I3NO2-2. The Bertz CT molecular complexity index is 265. The van der Waals surface area contributed by atoms with Crippen LogP contribution in [0.2, 0.25) is 0 Å². The Balaban J connectivity index is 1.84. The maximum absolute atomic E-state index is 9.28. The second-order valence-electron chi connectivity index (χ2n) is 4.08. The van der Waals surface area contributed by atoms with Crippen molar-refractivity contribution in [1.29, 1.82) is 0 Å². The molecule has 3 atom stereocenters. The molecule has 6 heteroatoms. The van der Waals surface area contributed by atoms with E-state index in [4.69, 9.17) is 10.5 Å². The van der Waals surface area contributed by atoms with Gasteiger partial charge < -0.3 is 0 Å². The van der Waals surface area contributed by atoms with Crippen LogP contribution >= 0.6 is 16.8 Å². The zero-order valence-electron chi connectivity index (χ0n) is 8.01. The van der Waals surface area contributed by atoms with E-state index >= 15 is 0 Å². The molecular weight excluding hydrogens is 523 g/mol. The van der Waals surface area contributed by atoms with Crippen LogP contribution in [0.25, 0.3) is 0 Å². The average Bonchev–Trinajstić information content (AvgIpc) is 2.98. The molecule has 2 aliphatic rings. The fourth-order valence-electron chi connectivity index (χ4n) is 1.18. The van der Waals surface area contributed by atoms with E-state index in [2.05, 4.69) is 13.8 Å². The van der Waals surface area contributed by atoms with Gasteiger partial charge in [-0.15, -0.1) is 0 Å². The first-order valence-electron chi connectivity index (χ1n) is 4.36. The predicted molar refractivity (Wildman–Crippen MR) is 56.5 cm³/mol. The first kappa shape index (κ1) is 12.4. The zero-order valence-corrected chi connectivity index (χ0v) is 14.5. The number of hydrogen-bond acceptors (Lipinski definition) is 3. The van der Waals surface area contributed by atoms with Crippen LogP contribution in [0.5, 0.6) is 0 Å². The second kappa shape index (κ2) is 4.67. The molecule has 14 heavy (non-hydrogen) atoms. The van der Waals surface area contributed by atoms with Crippen LogP contribution in [-0.2, 0) is 4.74 Å². The van der Waals surface area contributed by atoms with E-state index in [0.29, 0.717) is 15.4 Å². The van der Waals surface area contributed by atoms with Crippen LogP contribution in [0.1, 0.15) is 13.8 Å². The number of halogens is 3. The van der Waals surface area contributed by atoms with Crippen LogP contribution in [0.4, 0.5) is 0 Å². The normalized spacial score (nSPS) is 40.9. The van der Waals surface area contributed by atoms with Gasteiger partial charge in [-0.05, 0) is 0 Å². The van der Waals surface area contributed by atoms with Gasteiger partial charge in [-0.2, -0.15) is 0 Å². The van der Waals surface area contributed by atoms with E-state index in [9.17, 15) is 3.44 Å². The van der Waals surface area contributed by atoms with Gasteiger partial charge in [-0.25, -0.2) is 0 Å². The average molecular weight is 537 g/mol. The van der Waals surface area contributed by atoms with Crippen molar-refractivity contribution in [2.45, 2.75) is 27.8 Å². The van der Waals surface area contributed by atoms with Crippen molar-refractivity contribution in [2.24, 2.45) is 11.1 Å². The molecule has 3 N–H and O–H groups in total. The van der Waals surface area contributed by atoms with Crippen LogP contribution in [0.3, 0.4) is 0 Å². The van der Waals surface area contributed by atoms with Gasteiger partial charge in [0.25, 0.3) is 0 Å². The topological polar surface area (TPSA) is 58.8 Å². The number of rotatable bonds is 4. The summed E-state index contributed by atoms with van der Waals surface area (Å²) < 4.78 is 17.1. The Morgan fingerprint density at radius 3 is 2.64 bits per heavy atom. The van der Waals surface area contributed by atoms with Crippen molar-refractivity contribution in [3.05, 3.63) is 0 Å². The minimum absolute atomic E-state index is 0.0995. The number of alkyl halides is 2. The molecule has 1 saturated carbocycles. The van der Waals surface area contributed by atoms with Gasteiger partial charge in [0.15, 0.2) is 0 Å². The van der Waals surface area contributed by atoms with Gasteiger partial charge in [-0.1, -0.05) is 0 Å². The molecule has 2 rings (SSSR count). The molecule has 0 bridgehead atoms. The van der Waals surface area contributed by atoms with Crippen molar-refractivity contribution < 1.29 is 47.0 Å². The van der Waals surface area contributed by atoms with Gasteiger partial charge in [0.1, 0.15) is 0 Å². The Hall–Kier alpha value is 1.94. The van der Waals surface area contributed by atoms with Crippen LogP contribution < -0.4 is 44.6 Å². The standard InChI is InChI=1S/C8H14I3NO2/c1-8(2)5(6(8)11-13)9-10-7(12)4-3-14-4/h4-6,13H,3,12H2,1-2H3/q-2. The van der Waals surface area contributed by atoms with E-state index in [0.717, 1.165) is 14.2 Å². The quantitative estimate of drug-likeness (QED) is 0.214. The molecule has 1 aliphatic carbocycles. The van der Waals surface area contributed by atoms with Gasteiger partial charge in [-0.3, -0.25) is 0 Å². The fourth-order valence-corrected chi connectivity index (χ4v) is 23.5. The minimum atomic E-state index is -0.540. The van der Waals surface area contributed by atoms with Crippen LogP contribution in [0.15, 0.2) is 0 Å². The molecule has 0 amide bonds. The third-order valence-corrected chi connectivity index (χ3v) is 19.2. The number of epoxide rings is 1. The van der Waals surface area contributed by atoms with Crippen molar-refractivity contribution in [3.8, 4) is 0 Å². The Kier molecular flexibility index (Phi) is 4.13. The predicted octanol–water partition coefficient (Wildman–Crippen LogP) is -5.78. The SMILES string of the molecule is CC1(C)C([I-]O)C1[I-]I=C(N)C1CO1. The van der Waals surface area contributed by atoms with E-state index in [1.165, 1.54) is 0 Å². The Labute approximate surface area is 111 Å². The van der Waals surface area contributed by atoms with Crippen molar-refractivity contribution in [1.82, 2.24) is 0 Å². The molecule has 1 heterocycles. The van der Waals surface area contributed by atoms with Crippen molar-refractivity contribution in [3.63, 3.8) is 0 Å². The molecule has 1 saturated heterocycles. The van der Waals surface area contributed by atoms with E-state index < -0.39 is 21.6 Å². The Morgan fingerprint density at radius 1 is 1.57 bits per heavy atom. The molecule has 3 nitrogen and oxygen atoms in total. The summed E-state index contributed by atoms with van der Waals surface area (Å²) in [4.78, 5) is 0. The third-order valence-electron chi connectivity index (χ3n) is 2.53. The zero-order chi connectivity index (χ0) is 10.3. The summed E-state index contributed by atoms with van der Waals surface area (Å²) in [7, 11) is 0. The summed E-state index contributed by atoms with van der Waals surface area (Å²) in [6.07, 6.45) is 0.326. The van der Waals surface area contributed by atoms with Gasteiger partial charge >= 0.3 is 113 Å². The van der Waals surface area contributed by atoms with E-state index in [-0.39, 0.29) is 34.0 Å². The van der Waals surface area contributed by atoms with Crippen molar-refractivity contribution in [2.75, 3.05) is 6.61 Å². The summed E-state index contributed by atoms with van der Waals surface area (Å²) in [5, 5.41) is 0. The van der Waals surface area contributed by atoms with Gasteiger partial charge in [0, 0.05) is 0 Å². The molecule has 3 unspecified atom stereocenters. The fraction of sp³-hybridized carbons (Fsp3) is 0.875. The summed E-state index contributed by atoms with van der Waals surface area (Å²) in [6, 6.07) is 0. The monoisotopic (exact) mass is 537 g/mol. The molecule has 0 spiro atoms. The molecule has 0 aromatic rings. The van der Waals surface area contributed by atoms with Crippen LogP contribution in [-0.4, -0.2) is 27.6 Å². The molecule has 1 aliphatic heterocycles. The van der Waals surface area contributed by atoms with E-state index in [1.54, 1.807) is 0 Å². The van der Waals surface area contributed by atoms with Crippen molar-refractivity contribution >= 4 is 20.4 Å². The maximum atomic E-state index is 9.28. The van der Waals surface area contributed by atoms with Gasteiger partial charge in [0.2, 0.25) is 0 Å². The Morgan fingerprint density at radius 2 is 2.21 bits per heavy atom. The number of ether oxygens (including phenoxy) is 1. The van der Waals surface area contributed by atoms with E-state index in [1.807, 2.05) is 0 Å². The third kappa shape index (κ3) is 2.60. The van der Waals surface area contributed by atoms with Gasteiger partial charge in [0.05, 0.1) is 0 Å². The first-order chi connectivity index (χ1) is 6.57. The molecule has 2 fully saturated rings. The second-order valence-corrected chi connectivity index (χ2v) is 15.3. The summed E-state index contributed by atoms with van der Waals surface area (Å²) in [6.45, 7) is 5.46. The number of nitrogens with two attached hydrogens (primary N) is 1. The summed E-state index contributed by atoms with van der Waals surface area (Å²) in [5.74, 6) is 0. The summed E-state index contributed by atoms with van der Waals surface area (Å²) >= 11 is -0.199. The molecule has 86 valence electrons. The molecule has 0 aromatic carbocycles. The summed E-state index contributed by atoms with van der Waals surface area (Å²) in [5.41, 5.74) is 6.39. The molecule has 0 aromatic heterocycles.